The third-order valence-electron chi connectivity index (χ3n) is 5.31. The number of halogens is 1. The Morgan fingerprint density at radius 1 is 1.06 bits per heavy atom. The van der Waals surface area contributed by atoms with Gasteiger partial charge in [-0.05, 0) is 61.2 Å². The maximum Gasteiger partial charge on any atom is 0.309 e. The molecule has 1 saturated heterocycles. The summed E-state index contributed by atoms with van der Waals surface area (Å²) in [7, 11) is -2.23. The number of ether oxygens (including phenoxy) is 1. The van der Waals surface area contributed by atoms with Crippen LogP contribution in [0.5, 0.6) is 5.75 Å². The van der Waals surface area contributed by atoms with Crippen LogP contribution < -0.4 is 15.4 Å². The molecule has 1 fully saturated rings. The van der Waals surface area contributed by atoms with Gasteiger partial charge in [-0.15, -0.1) is 0 Å². The molecule has 3 rings (SSSR count). The van der Waals surface area contributed by atoms with E-state index in [1.165, 1.54) is 35.7 Å². The first-order valence-electron chi connectivity index (χ1n) is 10.3. The molecule has 172 valence electrons. The number of carbonyl (C=O) groups excluding carboxylic acids is 2. The molecule has 8 nitrogen and oxygen atoms in total. The van der Waals surface area contributed by atoms with Gasteiger partial charge < -0.3 is 15.4 Å². The van der Waals surface area contributed by atoms with E-state index >= 15 is 0 Å². The highest BCUT2D eigenvalue weighted by atomic mass is 32.2. The molecule has 0 spiro atoms. The van der Waals surface area contributed by atoms with Gasteiger partial charge in [0.25, 0.3) is 0 Å². The molecule has 0 bridgehead atoms. The quantitative estimate of drug-likeness (QED) is 0.577. The zero-order valence-electron chi connectivity index (χ0n) is 17.7. The van der Waals surface area contributed by atoms with Gasteiger partial charge in [0, 0.05) is 25.7 Å². The average Bonchev–Trinajstić information content (AvgIpc) is 3.28. The fourth-order valence-electron chi connectivity index (χ4n) is 3.56. The second-order valence-electron chi connectivity index (χ2n) is 7.43. The Hall–Kier alpha value is -2.98. The fourth-order valence-corrected chi connectivity index (χ4v) is 5.25. The molecule has 2 aromatic rings. The Kier molecular flexibility index (Phi) is 7.81. The first-order chi connectivity index (χ1) is 15.3. The van der Waals surface area contributed by atoms with Crippen LogP contribution in [-0.4, -0.2) is 57.3 Å². The molecule has 0 aromatic heterocycles. The van der Waals surface area contributed by atoms with Gasteiger partial charge in [-0.3, -0.25) is 9.59 Å². The van der Waals surface area contributed by atoms with Crippen molar-refractivity contribution in [2.24, 2.45) is 0 Å². The molecule has 2 amide bonds. The summed E-state index contributed by atoms with van der Waals surface area (Å²) in [4.78, 5) is 24.3. The largest absolute Gasteiger partial charge is 0.497 e. The van der Waals surface area contributed by atoms with E-state index in [9.17, 15) is 22.4 Å². The summed E-state index contributed by atoms with van der Waals surface area (Å²) in [6, 6.07) is 11.6. The second-order valence-corrected chi connectivity index (χ2v) is 9.32. The van der Waals surface area contributed by atoms with Crippen LogP contribution in [0.2, 0.25) is 0 Å². The smallest absolute Gasteiger partial charge is 0.309 e. The fraction of sp³-hybridized carbons (Fsp3) is 0.364. The van der Waals surface area contributed by atoms with Crippen molar-refractivity contribution in [3.8, 4) is 5.75 Å². The van der Waals surface area contributed by atoms with E-state index in [-0.39, 0.29) is 23.8 Å². The lowest BCUT2D eigenvalue weighted by molar-refractivity contribution is -0.139. The van der Waals surface area contributed by atoms with Gasteiger partial charge in [-0.1, -0.05) is 12.1 Å². The van der Waals surface area contributed by atoms with E-state index in [1.807, 2.05) is 0 Å². The van der Waals surface area contributed by atoms with Crippen molar-refractivity contribution in [3.63, 3.8) is 0 Å². The molecular formula is C22H26FN3O5S. The van der Waals surface area contributed by atoms with Crippen molar-refractivity contribution in [2.75, 3.05) is 26.7 Å². The van der Waals surface area contributed by atoms with Crippen molar-refractivity contribution in [1.82, 2.24) is 14.9 Å². The minimum absolute atomic E-state index is 0.0413. The number of nitrogens with zero attached hydrogens (tertiary/aromatic N) is 1. The summed E-state index contributed by atoms with van der Waals surface area (Å²) in [5, 5.41) is 5.04. The highest BCUT2D eigenvalue weighted by Gasteiger charge is 2.35. The molecule has 0 radical (unpaired) electrons. The predicted molar refractivity (Wildman–Crippen MR) is 116 cm³/mol. The summed E-state index contributed by atoms with van der Waals surface area (Å²) in [6.07, 6.45) is 1.71. The molecule has 0 aliphatic carbocycles. The molecule has 0 unspecified atom stereocenters. The summed E-state index contributed by atoms with van der Waals surface area (Å²) >= 11 is 0. The van der Waals surface area contributed by atoms with Gasteiger partial charge >= 0.3 is 11.8 Å². The first kappa shape index (κ1) is 23.7. The number of rotatable bonds is 8. The maximum atomic E-state index is 13.0. The third-order valence-corrected chi connectivity index (χ3v) is 7.27. The zero-order chi connectivity index (χ0) is 23.1. The molecule has 1 heterocycles. The minimum Gasteiger partial charge on any atom is -0.497 e. The van der Waals surface area contributed by atoms with E-state index < -0.39 is 27.9 Å². The van der Waals surface area contributed by atoms with Crippen LogP contribution in [-0.2, 0) is 26.0 Å². The molecule has 1 aliphatic heterocycles. The number of benzene rings is 2. The highest BCUT2D eigenvalue weighted by Crippen LogP contribution is 2.26. The molecule has 1 atom stereocenters. The Balaban J connectivity index is 1.50. The lowest BCUT2D eigenvalue weighted by Gasteiger charge is -2.24. The Morgan fingerprint density at radius 2 is 1.72 bits per heavy atom. The van der Waals surface area contributed by atoms with Crippen LogP contribution in [0.3, 0.4) is 0 Å². The maximum absolute atomic E-state index is 13.0. The lowest BCUT2D eigenvalue weighted by atomic mass is 10.1. The Morgan fingerprint density at radius 3 is 2.38 bits per heavy atom. The van der Waals surface area contributed by atoms with Crippen LogP contribution in [0.1, 0.15) is 18.4 Å². The van der Waals surface area contributed by atoms with Crippen LogP contribution in [0.25, 0.3) is 0 Å². The van der Waals surface area contributed by atoms with Crippen LogP contribution >= 0.6 is 0 Å². The van der Waals surface area contributed by atoms with E-state index in [2.05, 4.69) is 10.6 Å². The summed E-state index contributed by atoms with van der Waals surface area (Å²) in [5.41, 5.74) is 0.831. The molecule has 2 aromatic carbocycles. The Labute approximate surface area is 186 Å². The van der Waals surface area contributed by atoms with Crippen molar-refractivity contribution in [1.29, 1.82) is 0 Å². The highest BCUT2D eigenvalue weighted by molar-refractivity contribution is 7.89. The van der Waals surface area contributed by atoms with Gasteiger partial charge in [0.15, 0.2) is 0 Å². The van der Waals surface area contributed by atoms with Crippen molar-refractivity contribution < 1.29 is 27.1 Å². The summed E-state index contributed by atoms with van der Waals surface area (Å²) < 4.78 is 45.3. The number of sulfonamides is 1. The number of carbonyl (C=O) groups is 2. The molecule has 2 N–H and O–H groups in total. The predicted octanol–water partition coefficient (Wildman–Crippen LogP) is 1.46. The third kappa shape index (κ3) is 5.83. The van der Waals surface area contributed by atoms with E-state index in [0.717, 1.165) is 5.56 Å². The van der Waals surface area contributed by atoms with E-state index in [4.69, 9.17) is 4.74 Å². The van der Waals surface area contributed by atoms with Crippen LogP contribution in [0.4, 0.5) is 4.39 Å². The number of methoxy groups -OCH3 is 1. The SMILES string of the molecule is COc1ccc(S(=O)(=O)N2CCC[C@@H]2CNC(=O)C(=O)NCCc2ccc(F)cc2)cc1. The van der Waals surface area contributed by atoms with Crippen molar-refractivity contribution >= 4 is 21.8 Å². The topological polar surface area (TPSA) is 105 Å². The zero-order valence-corrected chi connectivity index (χ0v) is 18.5. The molecule has 10 heteroatoms. The number of amides is 2. The van der Waals surface area contributed by atoms with E-state index in [1.54, 1.807) is 24.3 Å². The number of hydrogen-bond donors (Lipinski definition) is 2. The average molecular weight is 464 g/mol. The molecule has 1 aliphatic rings. The van der Waals surface area contributed by atoms with Gasteiger partial charge in [0.2, 0.25) is 10.0 Å². The molecule has 32 heavy (non-hydrogen) atoms. The second kappa shape index (κ2) is 10.6. The molecular weight excluding hydrogens is 437 g/mol. The number of nitrogens with one attached hydrogen (secondary N) is 2. The van der Waals surface area contributed by atoms with Crippen LogP contribution in [0.15, 0.2) is 53.4 Å². The van der Waals surface area contributed by atoms with Crippen molar-refractivity contribution in [2.45, 2.75) is 30.2 Å². The molecule has 0 saturated carbocycles. The Bertz CT molecular complexity index is 1040. The summed E-state index contributed by atoms with van der Waals surface area (Å²) in [5.74, 6) is -1.40. The number of hydrogen-bond acceptors (Lipinski definition) is 5. The van der Waals surface area contributed by atoms with Crippen LogP contribution in [0, 0.1) is 5.82 Å². The van der Waals surface area contributed by atoms with Crippen molar-refractivity contribution in [3.05, 3.63) is 59.9 Å². The first-order valence-corrected chi connectivity index (χ1v) is 11.7. The van der Waals surface area contributed by atoms with Gasteiger partial charge in [-0.25, -0.2) is 12.8 Å². The monoisotopic (exact) mass is 463 g/mol. The van der Waals surface area contributed by atoms with Gasteiger partial charge in [0.05, 0.1) is 12.0 Å². The summed E-state index contributed by atoms with van der Waals surface area (Å²) in [6.45, 7) is 0.609. The lowest BCUT2D eigenvalue weighted by Crippen LogP contribution is -2.47. The normalized spacial score (nSPS) is 16.5. The minimum atomic E-state index is -3.73. The van der Waals surface area contributed by atoms with Gasteiger partial charge in [0.1, 0.15) is 11.6 Å². The standard InChI is InChI=1S/C22H26FN3O5S/c1-31-19-8-10-20(11-9-19)32(29,30)26-14-2-3-18(26)15-25-22(28)21(27)24-13-12-16-4-6-17(23)7-5-16/h4-11,18H,2-3,12-15H2,1H3,(H,24,27)(H,25,28)/t18-/m1/s1. The van der Waals surface area contributed by atoms with Gasteiger partial charge in [-0.2, -0.15) is 4.31 Å². The van der Waals surface area contributed by atoms with E-state index in [0.29, 0.717) is 31.6 Å².